The number of anilines is 6. The van der Waals surface area contributed by atoms with Gasteiger partial charge in [-0.3, -0.25) is 29.1 Å². The lowest BCUT2D eigenvalue weighted by Crippen LogP contribution is -2.59. The van der Waals surface area contributed by atoms with Gasteiger partial charge in [0.05, 0.1) is 103 Å². The van der Waals surface area contributed by atoms with Gasteiger partial charge < -0.3 is 58.3 Å². The molecule has 9 aromatic rings. The number of aromatic nitrogens is 6. The van der Waals surface area contributed by atoms with Gasteiger partial charge in [-0.1, -0.05) is 118 Å². The average molecular weight is 1860 g/mol. The third kappa shape index (κ3) is 17.9. The standard InChI is InChI=1S/C105H119ClF3N21O6/c1-11-105(53-74(54-119(105)10)72-48-71-23-16-26-84(106)94(71)91(50-72)122-40-34-82-86(60-122)114-101(134-61-79-31-41-129(79)104(7,8)9)116-96(82)124-43-46-127(99(132)67(5)108)77(56-124)29-36-111)63-136-103-115-87-59-121(39-33-83(87)97(118-103)125-44-47-128(100(133)68(6)109)78(57-125)30-37-112)90-51-73(49-70-22-15-19-65(3)93(70)90)89-52-80(130(89)75-24-12-13-25-75)62-135-102-113-85-58-120(88-27-17-21-69-20-14-18-64(2)92(69)88)38-32-81(85)95(117-102)123-42-45-126(98(131)66(4)107)76(55-123)28-35-110/h14-23,26-27,48-51,74-80,89H,4-6,11-13,24-25,28-34,38-47,52-63H2,1-3,7-10H3/t74?,76-,77-,78-,79?,80?,89?,105?/m0/s1. The Balaban J connectivity index is 0.609. The number of nitrogens with zero attached hydrogens (tertiary/aromatic N) is 21. The van der Waals surface area contributed by atoms with E-state index in [-0.39, 0.29) is 113 Å². The summed E-state index contributed by atoms with van der Waals surface area (Å²) in [5, 5.41) is 37.6. The molecule has 10 aliphatic rings. The third-order valence-corrected chi connectivity index (χ3v) is 31.2. The Morgan fingerprint density at radius 2 is 0.934 bits per heavy atom. The Kier molecular flexibility index (Phi) is 26.1. The zero-order chi connectivity index (χ0) is 94.9. The van der Waals surface area contributed by atoms with Crippen molar-refractivity contribution in [2.45, 2.75) is 210 Å². The van der Waals surface area contributed by atoms with Crippen LogP contribution in [0.4, 0.5) is 47.7 Å². The molecule has 3 aromatic heterocycles. The zero-order valence-corrected chi connectivity index (χ0v) is 79.6. The van der Waals surface area contributed by atoms with E-state index in [1.165, 1.54) is 31.2 Å². The topological polar surface area (TPSA) is 266 Å². The summed E-state index contributed by atoms with van der Waals surface area (Å²) < 4.78 is 64.8. The first kappa shape index (κ1) is 92.7. The highest BCUT2D eigenvalue weighted by Crippen LogP contribution is 2.51. The lowest BCUT2D eigenvalue weighted by Gasteiger charge is -2.52. The monoisotopic (exact) mass is 1860 g/mol. The third-order valence-electron chi connectivity index (χ3n) is 30.9. The summed E-state index contributed by atoms with van der Waals surface area (Å²) >= 11 is 7.36. The molecule has 31 heteroatoms. The first-order valence-corrected chi connectivity index (χ1v) is 48.7. The fraction of sp³-hybridized carbons (Fsp3) is 0.486. The van der Waals surface area contributed by atoms with Crippen LogP contribution in [0.3, 0.4) is 0 Å². The number of carbonyl (C=O) groups is 3. The van der Waals surface area contributed by atoms with Crippen molar-refractivity contribution < 1.29 is 41.8 Å². The van der Waals surface area contributed by atoms with Crippen molar-refractivity contribution in [1.29, 1.82) is 15.8 Å². The molecule has 6 saturated heterocycles. The smallest absolute Gasteiger partial charge is 0.318 e. The van der Waals surface area contributed by atoms with E-state index in [1.807, 2.05) is 12.1 Å². The molecule has 7 fully saturated rings. The van der Waals surface area contributed by atoms with E-state index in [0.717, 1.165) is 147 Å². The highest BCUT2D eigenvalue weighted by Gasteiger charge is 2.49. The molecule has 0 bridgehead atoms. The highest BCUT2D eigenvalue weighted by molar-refractivity contribution is 6.36. The number of carbonyl (C=O) groups excluding carboxylic acids is 3. The van der Waals surface area contributed by atoms with Crippen LogP contribution >= 0.6 is 11.6 Å². The molecule has 9 aliphatic heterocycles. The van der Waals surface area contributed by atoms with Crippen molar-refractivity contribution in [2.24, 2.45) is 0 Å². The SMILES string of the molecule is C=C(F)C(=O)N1CCN(c2nc(OCC3CC(c4cc(N5CCc6c(nc(OCC7(CC)CC(c8cc(N9CCc%10c(nc(OCC%11CCN%11C(C)(C)C)nc%10N%10CCN(C(=O)C(=C)F)[C@@H](CC#N)C%10)C9)c9c(Cl)cccc9c8)CN7C)nc6N6CCN(C(=O)C(=C)F)[C@@H](CC#N)C6)C5)c5c(C)cccc5c4)N3C3CCCC3)nc3c2CCN(c2cccc4cccc(C)c24)C3)C[C@@H]1CC#N. The maximum atomic E-state index is 14.9. The van der Waals surface area contributed by atoms with E-state index in [1.54, 1.807) is 0 Å². The van der Waals surface area contributed by atoms with Crippen LogP contribution in [0.5, 0.6) is 18.0 Å². The maximum Gasteiger partial charge on any atom is 0.318 e. The van der Waals surface area contributed by atoms with Crippen LogP contribution in [0, 0.1) is 47.8 Å². The first-order valence-electron chi connectivity index (χ1n) is 48.3. The fourth-order valence-corrected chi connectivity index (χ4v) is 24.0. The number of amides is 3. The number of fused-ring (bicyclic) bond motifs is 6. The first-order chi connectivity index (χ1) is 65.6. The van der Waals surface area contributed by atoms with Crippen molar-refractivity contribution in [3.63, 3.8) is 0 Å². The van der Waals surface area contributed by atoms with E-state index in [9.17, 15) is 43.3 Å². The van der Waals surface area contributed by atoms with Gasteiger partial charge in [-0.05, 0) is 174 Å². The number of piperazine rings is 3. The van der Waals surface area contributed by atoms with Gasteiger partial charge in [0.1, 0.15) is 37.3 Å². The Morgan fingerprint density at radius 1 is 0.500 bits per heavy atom. The second kappa shape index (κ2) is 38.3. The van der Waals surface area contributed by atoms with Gasteiger partial charge in [-0.25, -0.2) is 13.2 Å². The van der Waals surface area contributed by atoms with Crippen LogP contribution in [-0.4, -0.2) is 243 Å². The van der Waals surface area contributed by atoms with Crippen LogP contribution in [0.15, 0.2) is 134 Å². The van der Waals surface area contributed by atoms with Crippen LogP contribution < -0.4 is 43.6 Å². The van der Waals surface area contributed by atoms with Gasteiger partial charge in [-0.2, -0.15) is 45.7 Å². The second-order valence-corrected chi connectivity index (χ2v) is 40.2. The predicted molar refractivity (Wildman–Crippen MR) is 521 cm³/mol. The number of likely N-dealkylation sites (N-methyl/N-ethyl adjacent to an activating group) is 1. The summed E-state index contributed by atoms with van der Waals surface area (Å²) in [7, 11) is 2.17. The van der Waals surface area contributed by atoms with Crippen LogP contribution in [-0.2, 0) is 53.3 Å². The van der Waals surface area contributed by atoms with Gasteiger partial charge in [-0.15, -0.1) is 0 Å². The minimum Gasteiger partial charge on any atom is -0.462 e. The fourth-order valence-electron chi connectivity index (χ4n) is 23.7. The van der Waals surface area contributed by atoms with Crippen LogP contribution in [0.1, 0.15) is 166 Å². The van der Waals surface area contributed by atoms with Crippen molar-refractivity contribution in [1.82, 2.24) is 59.3 Å². The van der Waals surface area contributed by atoms with E-state index >= 15 is 0 Å². The quantitative estimate of drug-likeness (QED) is 0.0481. The normalized spacial score (nSPS) is 22.8. The maximum absolute atomic E-state index is 14.9. The molecule has 27 nitrogen and oxygen atoms in total. The summed E-state index contributed by atoms with van der Waals surface area (Å²) in [5.41, 5.74) is 12.6. The molecule has 708 valence electrons. The van der Waals surface area contributed by atoms with Crippen LogP contribution in [0.2, 0.25) is 5.02 Å². The minimum absolute atomic E-state index is 0.00166. The molecule has 0 N–H and O–H groups in total. The lowest BCUT2D eigenvalue weighted by molar-refractivity contribution is -0.132. The van der Waals surface area contributed by atoms with E-state index in [2.05, 4.69) is 216 Å². The van der Waals surface area contributed by atoms with E-state index < -0.39 is 58.9 Å². The Hall–Kier alpha value is -12.4. The molecule has 6 aromatic carbocycles. The minimum atomic E-state index is -1.08. The largest absolute Gasteiger partial charge is 0.462 e. The van der Waals surface area contributed by atoms with Crippen molar-refractivity contribution in [3.8, 4) is 36.2 Å². The molecule has 8 atom stereocenters. The summed E-state index contributed by atoms with van der Waals surface area (Å²) in [4.78, 5) is 97.1. The Labute approximate surface area is 798 Å². The van der Waals surface area contributed by atoms with Crippen molar-refractivity contribution in [2.75, 3.05) is 148 Å². The number of halogens is 4. The number of aryl methyl sites for hydroxylation is 2. The van der Waals surface area contributed by atoms with Crippen molar-refractivity contribution in [3.05, 3.63) is 195 Å². The van der Waals surface area contributed by atoms with Gasteiger partial charge in [0.15, 0.2) is 17.5 Å². The van der Waals surface area contributed by atoms with Crippen LogP contribution in [0.25, 0.3) is 32.3 Å². The molecule has 0 radical (unpaired) electrons. The van der Waals surface area contributed by atoms with E-state index in [4.69, 9.17) is 55.7 Å². The molecule has 1 saturated carbocycles. The van der Waals surface area contributed by atoms with Gasteiger partial charge in [0.2, 0.25) is 0 Å². The summed E-state index contributed by atoms with van der Waals surface area (Å²) in [6, 6.07) is 41.0. The lowest BCUT2D eigenvalue weighted by atomic mass is 9.83. The molecule has 12 heterocycles. The predicted octanol–water partition coefficient (Wildman–Crippen LogP) is 15.8. The summed E-state index contributed by atoms with van der Waals surface area (Å²) in [5.74, 6) is -3.56. The molecular weight excluding hydrogens is 1740 g/mol. The molecule has 0 spiro atoms. The average Bonchev–Trinajstić information content (AvgIpc) is 0.986. The molecule has 3 amide bonds. The number of hydrogen-bond donors (Lipinski definition) is 0. The number of benzene rings is 6. The van der Waals surface area contributed by atoms with Gasteiger partial charge in [0, 0.05) is 171 Å². The van der Waals surface area contributed by atoms with Gasteiger partial charge in [0.25, 0.3) is 17.7 Å². The number of likely N-dealkylation sites (tertiary alicyclic amines) is 3. The second-order valence-electron chi connectivity index (χ2n) is 39.8. The molecular formula is C105H119ClF3N21O6. The van der Waals surface area contributed by atoms with Gasteiger partial charge >= 0.3 is 18.0 Å². The van der Waals surface area contributed by atoms with Crippen molar-refractivity contribution >= 4 is 96.2 Å². The molecule has 136 heavy (non-hydrogen) atoms. The summed E-state index contributed by atoms with van der Waals surface area (Å²) in [6.45, 7) is 31.3. The Bertz CT molecular complexity index is 6360. The zero-order valence-electron chi connectivity index (χ0n) is 78.9. The number of ether oxygens (including phenoxy) is 3. The molecule has 19 rings (SSSR count). The molecule has 5 unspecified atom stereocenters. The number of hydrogen-bond acceptors (Lipinski definition) is 24. The molecule has 1 aliphatic carbocycles. The highest BCUT2D eigenvalue weighted by atomic mass is 35.5. The Morgan fingerprint density at radius 3 is 1.40 bits per heavy atom. The number of rotatable bonds is 25. The number of nitriles is 3. The van der Waals surface area contributed by atoms with E-state index in [0.29, 0.717) is 126 Å². The summed E-state index contributed by atoms with van der Waals surface area (Å²) in [6.07, 6.45) is 9.33.